The van der Waals surface area contributed by atoms with Crippen molar-refractivity contribution in [3.63, 3.8) is 0 Å². The number of ether oxygens (including phenoxy) is 2. The summed E-state index contributed by atoms with van der Waals surface area (Å²) in [5.74, 6) is 0.0806. The van der Waals surface area contributed by atoms with Crippen molar-refractivity contribution in [2.75, 3.05) is 13.2 Å². The first-order chi connectivity index (χ1) is 13.8. The highest BCUT2D eigenvalue weighted by atomic mass is 16.5. The molecule has 1 aromatic carbocycles. The van der Waals surface area contributed by atoms with Gasteiger partial charge in [0.25, 0.3) is 0 Å². The molecule has 1 unspecified atom stereocenters. The minimum absolute atomic E-state index is 0.0935. The Morgan fingerprint density at radius 2 is 1.86 bits per heavy atom. The third-order valence-electron chi connectivity index (χ3n) is 5.42. The van der Waals surface area contributed by atoms with E-state index in [2.05, 4.69) is 19.2 Å². The fraction of sp³-hybridized carbons (Fsp3) is 0.500. The summed E-state index contributed by atoms with van der Waals surface area (Å²) >= 11 is 0. The Kier molecular flexibility index (Phi) is 6.15. The Balaban J connectivity index is 2.09. The van der Waals surface area contributed by atoms with Crippen molar-refractivity contribution in [2.24, 2.45) is 5.41 Å². The molecule has 0 radical (unpaired) electrons. The van der Waals surface area contributed by atoms with Crippen LogP contribution in [0.4, 0.5) is 0 Å². The molecule has 156 valence electrons. The highest BCUT2D eigenvalue weighted by Crippen LogP contribution is 2.46. The summed E-state index contributed by atoms with van der Waals surface area (Å²) in [4.78, 5) is 26.1. The topological polar surface area (TPSA) is 64.6 Å². The van der Waals surface area contributed by atoms with E-state index in [0.29, 0.717) is 30.8 Å². The first-order valence-electron chi connectivity index (χ1n) is 10.4. The average Bonchev–Trinajstić information content (AvgIpc) is 2.65. The van der Waals surface area contributed by atoms with Gasteiger partial charge in [0.1, 0.15) is 5.75 Å². The van der Waals surface area contributed by atoms with Gasteiger partial charge in [-0.3, -0.25) is 4.79 Å². The molecule has 0 saturated carbocycles. The third-order valence-corrected chi connectivity index (χ3v) is 5.42. The number of hydrogen-bond donors (Lipinski definition) is 1. The lowest BCUT2D eigenvalue weighted by Crippen LogP contribution is -2.38. The second-order valence-corrected chi connectivity index (χ2v) is 8.57. The molecule has 0 spiro atoms. The molecule has 0 amide bonds. The Labute approximate surface area is 173 Å². The van der Waals surface area contributed by atoms with Crippen LogP contribution in [0.25, 0.3) is 0 Å². The van der Waals surface area contributed by atoms with E-state index in [1.165, 1.54) is 0 Å². The summed E-state index contributed by atoms with van der Waals surface area (Å²) in [5.41, 5.74) is 3.70. The molecule has 2 aliphatic rings. The van der Waals surface area contributed by atoms with Crippen LogP contribution < -0.4 is 10.1 Å². The van der Waals surface area contributed by atoms with Crippen molar-refractivity contribution < 1.29 is 19.1 Å². The number of carbonyl (C=O) groups is 2. The van der Waals surface area contributed by atoms with Gasteiger partial charge in [0.05, 0.1) is 18.8 Å². The van der Waals surface area contributed by atoms with Crippen molar-refractivity contribution in [1.29, 1.82) is 0 Å². The standard InChI is InChI=1S/C24H31NO4/c1-6-12-29-23(27)20-15(3)25-18-13-24(4,5)14-19(26)22(18)21(20)16-8-10-17(11-9-16)28-7-2/h8-11,21,25H,6-7,12-14H2,1-5H3. The highest BCUT2D eigenvalue weighted by molar-refractivity contribution is 6.04. The predicted molar refractivity (Wildman–Crippen MR) is 112 cm³/mol. The predicted octanol–water partition coefficient (Wildman–Crippen LogP) is 4.64. The zero-order chi connectivity index (χ0) is 21.2. The molecule has 1 atom stereocenters. The molecular weight excluding hydrogens is 366 g/mol. The van der Waals surface area contributed by atoms with Crippen LogP contribution in [0.15, 0.2) is 46.8 Å². The Morgan fingerprint density at radius 1 is 1.17 bits per heavy atom. The number of nitrogens with one attached hydrogen (secondary N) is 1. The summed E-state index contributed by atoms with van der Waals surface area (Å²) in [5, 5.41) is 3.36. The molecule has 3 rings (SSSR count). The fourth-order valence-corrected chi connectivity index (χ4v) is 4.24. The van der Waals surface area contributed by atoms with Crippen molar-refractivity contribution in [3.05, 3.63) is 52.4 Å². The number of dihydropyridines is 1. The number of hydrogen-bond acceptors (Lipinski definition) is 5. The van der Waals surface area contributed by atoms with Gasteiger partial charge in [-0.15, -0.1) is 0 Å². The highest BCUT2D eigenvalue weighted by Gasteiger charge is 2.43. The first kappa shape index (κ1) is 21.2. The van der Waals surface area contributed by atoms with Gasteiger partial charge in [0, 0.05) is 29.3 Å². The maximum absolute atomic E-state index is 13.2. The summed E-state index contributed by atoms with van der Waals surface area (Å²) in [6, 6.07) is 7.67. The van der Waals surface area contributed by atoms with Gasteiger partial charge in [0.15, 0.2) is 5.78 Å². The fourth-order valence-electron chi connectivity index (χ4n) is 4.24. The number of benzene rings is 1. The lowest BCUT2D eigenvalue weighted by atomic mass is 9.68. The van der Waals surface area contributed by atoms with Crippen LogP contribution >= 0.6 is 0 Å². The Hall–Kier alpha value is -2.56. The smallest absolute Gasteiger partial charge is 0.336 e. The summed E-state index contributed by atoms with van der Waals surface area (Å²) < 4.78 is 11.0. The molecule has 0 fully saturated rings. The summed E-state index contributed by atoms with van der Waals surface area (Å²) in [7, 11) is 0. The Morgan fingerprint density at radius 3 is 2.48 bits per heavy atom. The van der Waals surface area contributed by atoms with E-state index in [-0.39, 0.29) is 17.2 Å². The van der Waals surface area contributed by atoms with E-state index in [4.69, 9.17) is 9.47 Å². The van der Waals surface area contributed by atoms with Gasteiger partial charge in [-0.25, -0.2) is 4.79 Å². The van der Waals surface area contributed by atoms with Crippen LogP contribution in [0.3, 0.4) is 0 Å². The van der Waals surface area contributed by atoms with Crippen LogP contribution in [0.2, 0.25) is 0 Å². The number of esters is 1. The van der Waals surface area contributed by atoms with E-state index in [1.54, 1.807) is 0 Å². The zero-order valence-corrected chi connectivity index (χ0v) is 18.1. The largest absolute Gasteiger partial charge is 0.494 e. The van der Waals surface area contributed by atoms with Crippen LogP contribution in [0.1, 0.15) is 65.4 Å². The molecule has 29 heavy (non-hydrogen) atoms. The third kappa shape index (κ3) is 4.39. The molecule has 1 aliphatic carbocycles. The van der Waals surface area contributed by atoms with E-state index in [1.807, 2.05) is 45.0 Å². The second kappa shape index (κ2) is 8.44. The second-order valence-electron chi connectivity index (χ2n) is 8.57. The average molecular weight is 398 g/mol. The molecule has 0 bridgehead atoms. The van der Waals surface area contributed by atoms with Gasteiger partial charge < -0.3 is 14.8 Å². The van der Waals surface area contributed by atoms with Gasteiger partial charge in [-0.2, -0.15) is 0 Å². The van der Waals surface area contributed by atoms with E-state index in [9.17, 15) is 9.59 Å². The summed E-state index contributed by atoms with van der Waals surface area (Å²) in [6.45, 7) is 10.9. The van der Waals surface area contributed by atoms with E-state index >= 15 is 0 Å². The van der Waals surface area contributed by atoms with Crippen molar-refractivity contribution >= 4 is 11.8 Å². The maximum Gasteiger partial charge on any atom is 0.336 e. The van der Waals surface area contributed by atoms with Crippen LogP contribution in [0.5, 0.6) is 5.75 Å². The van der Waals surface area contributed by atoms with Crippen LogP contribution in [0, 0.1) is 5.41 Å². The maximum atomic E-state index is 13.2. The molecular formula is C24H31NO4. The van der Waals surface area contributed by atoms with Crippen LogP contribution in [-0.4, -0.2) is 25.0 Å². The molecule has 1 aliphatic heterocycles. The monoisotopic (exact) mass is 397 g/mol. The van der Waals surface area contributed by atoms with E-state index < -0.39 is 5.92 Å². The molecule has 0 aromatic heterocycles. The molecule has 1 heterocycles. The van der Waals surface area contributed by atoms with Gasteiger partial charge in [-0.05, 0) is 49.8 Å². The quantitative estimate of drug-likeness (QED) is 0.708. The minimum Gasteiger partial charge on any atom is -0.494 e. The van der Waals surface area contributed by atoms with Crippen LogP contribution in [-0.2, 0) is 14.3 Å². The molecule has 5 heteroatoms. The lowest BCUT2D eigenvalue weighted by molar-refractivity contribution is -0.139. The van der Waals surface area contributed by atoms with Crippen molar-refractivity contribution in [3.8, 4) is 5.75 Å². The van der Waals surface area contributed by atoms with E-state index in [0.717, 1.165) is 35.5 Å². The zero-order valence-electron chi connectivity index (χ0n) is 18.1. The van der Waals surface area contributed by atoms with Gasteiger partial charge >= 0.3 is 5.97 Å². The molecule has 5 nitrogen and oxygen atoms in total. The molecule has 0 saturated heterocycles. The SMILES string of the molecule is CCCOC(=O)C1=C(C)NC2=C(C(=O)CC(C)(C)C2)C1c1ccc(OCC)cc1. The number of allylic oxidation sites excluding steroid dienone is 3. The van der Waals surface area contributed by atoms with Gasteiger partial charge in [-0.1, -0.05) is 32.9 Å². The first-order valence-corrected chi connectivity index (χ1v) is 10.4. The Bertz CT molecular complexity index is 861. The van der Waals surface area contributed by atoms with Crippen molar-refractivity contribution in [1.82, 2.24) is 5.32 Å². The molecule has 1 N–H and O–H groups in total. The normalized spacial score (nSPS) is 20.9. The number of rotatable bonds is 6. The van der Waals surface area contributed by atoms with Gasteiger partial charge in [0.2, 0.25) is 0 Å². The number of Topliss-reactive ketones (excluding diaryl/α,β-unsaturated/α-hetero) is 1. The lowest BCUT2D eigenvalue weighted by Gasteiger charge is -2.39. The number of ketones is 1. The summed E-state index contributed by atoms with van der Waals surface area (Å²) in [6.07, 6.45) is 1.99. The minimum atomic E-state index is -0.421. The molecule has 1 aromatic rings. The number of carbonyl (C=O) groups excluding carboxylic acids is 2. The van der Waals surface area contributed by atoms with Crippen molar-refractivity contribution in [2.45, 2.75) is 59.8 Å².